The van der Waals surface area contributed by atoms with Crippen molar-refractivity contribution in [1.29, 1.82) is 0 Å². The van der Waals surface area contributed by atoms with Crippen molar-refractivity contribution < 1.29 is 9.72 Å². The van der Waals surface area contributed by atoms with Crippen LogP contribution in [0.5, 0.6) is 0 Å². The van der Waals surface area contributed by atoms with Crippen LogP contribution in [0.15, 0.2) is 30.5 Å². The Labute approximate surface area is 112 Å². The zero-order chi connectivity index (χ0) is 14.0. The van der Waals surface area contributed by atoms with Crippen LogP contribution in [-0.4, -0.2) is 20.6 Å². The SMILES string of the molecule is Cn1nccc1NC(=O)c1ccc([N+](=O)[O-])c(Cl)c1. The number of nitro groups is 1. The second-order valence-electron chi connectivity index (χ2n) is 3.72. The molecule has 0 atom stereocenters. The van der Waals surface area contributed by atoms with Gasteiger partial charge in [0.25, 0.3) is 11.6 Å². The third-order valence-electron chi connectivity index (χ3n) is 2.47. The van der Waals surface area contributed by atoms with Crippen LogP contribution in [0.25, 0.3) is 0 Å². The molecule has 0 fully saturated rings. The number of benzene rings is 1. The summed E-state index contributed by atoms with van der Waals surface area (Å²) in [5.74, 6) is 0.0971. The molecule has 1 aromatic carbocycles. The van der Waals surface area contributed by atoms with E-state index in [4.69, 9.17) is 11.6 Å². The number of amides is 1. The summed E-state index contributed by atoms with van der Waals surface area (Å²) >= 11 is 5.74. The molecule has 0 unspecified atom stereocenters. The second-order valence-corrected chi connectivity index (χ2v) is 4.12. The van der Waals surface area contributed by atoms with E-state index in [1.54, 1.807) is 19.3 Å². The van der Waals surface area contributed by atoms with E-state index in [0.29, 0.717) is 5.82 Å². The summed E-state index contributed by atoms with van der Waals surface area (Å²) < 4.78 is 1.49. The minimum atomic E-state index is -0.606. The molecule has 2 aromatic rings. The summed E-state index contributed by atoms with van der Waals surface area (Å²) in [6.45, 7) is 0. The molecular formula is C11H9ClN4O3. The Hall–Kier alpha value is -2.41. The number of nitrogens with one attached hydrogen (secondary N) is 1. The molecule has 8 heteroatoms. The summed E-state index contributed by atoms with van der Waals surface area (Å²) in [4.78, 5) is 21.9. The van der Waals surface area contributed by atoms with Gasteiger partial charge in [-0.3, -0.25) is 19.6 Å². The molecule has 0 spiro atoms. The van der Waals surface area contributed by atoms with Crippen LogP contribution >= 0.6 is 11.6 Å². The lowest BCUT2D eigenvalue weighted by Crippen LogP contribution is -2.14. The molecular weight excluding hydrogens is 272 g/mol. The molecule has 0 radical (unpaired) electrons. The predicted molar refractivity (Wildman–Crippen MR) is 69.3 cm³/mol. The molecule has 1 aromatic heterocycles. The van der Waals surface area contributed by atoms with Gasteiger partial charge in [0.1, 0.15) is 10.8 Å². The first-order valence-electron chi connectivity index (χ1n) is 5.22. The van der Waals surface area contributed by atoms with E-state index in [2.05, 4.69) is 10.4 Å². The molecule has 0 aliphatic heterocycles. The highest BCUT2D eigenvalue weighted by molar-refractivity contribution is 6.33. The largest absolute Gasteiger partial charge is 0.307 e. The van der Waals surface area contributed by atoms with Crippen molar-refractivity contribution in [2.75, 3.05) is 5.32 Å². The van der Waals surface area contributed by atoms with Crippen LogP contribution < -0.4 is 5.32 Å². The Morgan fingerprint density at radius 3 is 2.74 bits per heavy atom. The van der Waals surface area contributed by atoms with Gasteiger partial charge in [-0.2, -0.15) is 5.10 Å². The molecule has 0 saturated heterocycles. The molecule has 98 valence electrons. The Bertz CT molecular complexity index is 653. The number of aromatic nitrogens is 2. The van der Waals surface area contributed by atoms with Crippen LogP contribution in [-0.2, 0) is 7.05 Å². The van der Waals surface area contributed by atoms with E-state index in [0.717, 1.165) is 0 Å². The lowest BCUT2D eigenvalue weighted by Gasteiger charge is -2.05. The van der Waals surface area contributed by atoms with E-state index < -0.39 is 10.8 Å². The van der Waals surface area contributed by atoms with E-state index >= 15 is 0 Å². The van der Waals surface area contributed by atoms with Crippen molar-refractivity contribution >= 4 is 29.0 Å². The van der Waals surface area contributed by atoms with Gasteiger partial charge >= 0.3 is 0 Å². The fraction of sp³-hybridized carbons (Fsp3) is 0.0909. The number of hydrogen-bond acceptors (Lipinski definition) is 4. The first-order valence-corrected chi connectivity index (χ1v) is 5.60. The first kappa shape index (κ1) is 13.0. The van der Waals surface area contributed by atoms with Gasteiger partial charge < -0.3 is 5.32 Å². The standard InChI is InChI=1S/C11H9ClN4O3/c1-15-10(4-5-13-15)14-11(17)7-2-3-9(16(18)19)8(12)6-7/h2-6H,1H3,(H,14,17). The first-order chi connectivity index (χ1) is 8.99. The smallest absolute Gasteiger partial charge is 0.287 e. The van der Waals surface area contributed by atoms with Crippen LogP contribution in [0.3, 0.4) is 0 Å². The van der Waals surface area contributed by atoms with Gasteiger partial charge in [0, 0.05) is 24.7 Å². The molecule has 1 heterocycles. The lowest BCUT2D eigenvalue weighted by atomic mass is 10.2. The summed E-state index contributed by atoms with van der Waals surface area (Å²) in [5, 5.41) is 17.1. The van der Waals surface area contributed by atoms with E-state index in [9.17, 15) is 14.9 Å². The average Bonchev–Trinajstić information content (AvgIpc) is 2.74. The summed E-state index contributed by atoms with van der Waals surface area (Å²) in [6.07, 6.45) is 1.54. The molecule has 0 bridgehead atoms. The van der Waals surface area contributed by atoms with Gasteiger partial charge in [0.2, 0.25) is 0 Å². The number of hydrogen-bond donors (Lipinski definition) is 1. The van der Waals surface area contributed by atoms with Crippen molar-refractivity contribution in [3.63, 3.8) is 0 Å². The zero-order valence-electron chi connectivity index (χ0n) is 9.83. The van der Waals surface area contributed by atoms with Gasteiger partial charge in [-0.05, 0) is 12.1 Å². The van der Waals surface area contributed by atoms with Crippen molar-refractivity contribution in [2.45, 2.75) is 0 Å². The number of carbonyl (C=O) groups excluding carboxylic acids is 1. The third-order valence-corrected chi connectivity index (χ3v) is 2.77. The number of nitrogens with zero attached hydrogens (tertiary/aromatic N) is 3. The molecule has 0 aliphatic rings. The number of anilines is 1. The highest BCUT2D eigenvalue weighted by Crippen LogP contribution is 2.25. The number of carbonyl (C=O) groups is 1. The third kappa shape index (κ3) is 2.71. The van der Waals surface area contributed by atoms with E-state index in [1.807, 2.05) is 0 Å². The topological polar surface area (TPSA) is 90.1 Å². The van der Waals surface area contributed by atoms with Crippen molar-refractivity contribution in [1.82, 2.24) is 9.78 Å². The highest BCUT2D eigenvalue weighted by Gasteiger charge is 2.15. The van der Waals surface area contributed by atoms with E-state index in [-0.39, 0.29) is 16.3 Å². The summed E-state index contributed by atoms with van der Waals surface area (Å²) in [5.41, 5.74) is -0.00412. The molecule has 0 aliphatic carbocycles. The van der Waals surface area contributed by atoms with Crippen molar-refractivity contribution in [3.8, 4) is 0 Å². The second kappa shape index (κ2) is 5.07. The normalized spacial score (nSPS) is 10.2. The minimum Gasteiger partial charge on any atom is -0.307 e. The maximum absolute atomic E-state index is 11.9. The van der Waals surface area contributed by atoms with Gasteiger partial charge in [-0.15, -0.1) is 0 Å². The van der Waals surface area contributed by atoms with E-state index in [1.165, 1.54) is 22.9 Å². The minimum absolute atomic E-state index is 0.0809. The van der Waals surface area contributed by atoms with Crippen LogP contribution in [0.1, 0.15) is 10.4 Å². The Morgan fingerprint density at radius 1 is 1.47 bits per heavy atom. The van der Waals surface area contributed by atoms with Gasteiger partial charge in [0.15, 0.2) is 0 Å². The van der Waals surface area contributed by atoms with Crippen molar-refractivity contribution in [2.24, 2.45) is 7.05 Å². The Balaban J connectivity index is 2.23. The highest BCUT2D eigenvalue weighted by atomic mass is 35.5. The molecule has 1 amide bonds. The summed E-state index contributed by atoms with van der Waals surface area (Å²) in [7, 11) is 1.68. The monoisotopic (exact) mass is 280 g/mol. The number of aryl methyl sites for hydroxylation is 1. The molecule has 7 nitrogen and oxygen atoms in total. The maximum atomic E-state index is 11.9. The summed E-state index contributed by atoms with van der Waals surface area (Å²) in [6, 6.07) is 5.42. The average molecular weight is 281 g/mol. The Morgan fingerprint density at radius 2 is 2.21 bits per heavy atom. The van der Waals surface area contributed by atoms with Crippen LogP contribution in [0, 0.1) is 10.1 Å². The van der Waals surface area contributed by atoms with Crippen LogP contribution in [0.2, 0.25) is 5.02 Å². The predicted octanol–water partition coefficient (Wildman–Crippen LogP) is 2.23. The molecule has 2 rings (SSSR count). The quantitative estimate of drug-likeness (QED) is 0.689. The molecule has 1 N–H and O–H groups in total. The fourth-order valence-electron chi connectivity index (χ4n) is 1.48. The number of halogens is 1. The number of nitro benzene ring substituents is 1. The molecule has 19 heavy (non-hydrogen) atoms. The van der Waals surface area contributed by atoms with Gasteiger partial charge in [0.05, 0.1) is 11.1 Å². The number of rotatable bonds is 3. The lowest BCUT2D eigenvalue weighted by molar-refractivity contribution is -0.384. The maximum Gasteiger partial charge on any atom is 0.287 e. The molecule has 0 saturated carbocycles. The van der Waals surface area contributed by atoms with Crippen molar-refractivity contribution in [3.05, 3.63) is 51.2 Å². The Kier molecular flexibility index (Phi) is 3.48. The van der Waals surface area contributed by atoms with Gasteiger partial charge in [-0.1, -0.05) is 11.6 Å². The van der Waals surface area contributed by atoms with Gasteiger partial charge in [-0.25, -0.2) is 0 Å². The van der Waals surface area contributed by atoms with Crippen LogP contribution in [0.4, 0.5) is 11.5 Å². The zero-order valence-corrected chi connectivity index (χ0v) is 10.6. The fourth-order valence-corrected chi connectivity index (χ4v) is 1.73.